The molecule has 1 rings (SSSR count). The zero-order valence-corrected chi connectivity index (χ0v) is 9.04. The average Bonchev–Trinajstić information content (AvgIpc) is 2.24. The second-order valence-electron chi connectivity index (χ2n) is 3.66. The van der Waals surface area contributed by atoms with Gasteiger partial charge in [-0.15, -0.1) is 0 Å². The molecular weight excluding hydrogens is 193 g/mol. The van der Waals surface area contributed by atoms with Gasteiger partial charge in [-0.05, 0) is 37.1 Å². The van der Waals surface area contributed by atoms with Crippen molar-refractivity contribution in [1.29, 1.82) is 0 Å². The van der Waals surface area contributed by atoms with Crippen LogP contribution >= 0.6 is 0 Å². The molecule has 1 aromatic rings. The van der Waals surface area contributed by atoms with E-state index < -0.39 is 0 Å². The molecule has 84 valence electrons. The highest BCUT2D eigenvalue weighted by Crippen LogP contribution is 2.03. The summed E-state index contributed by atoms with van der Waals surface area (Å²) in [5.41, 5.74) is 0.931. The second kappa shape index (κ2) is 6.53. The standard InChI is InChI=1S/C12H18FNO/c1-2-12(15)6-7-14-9-10-4-3-5-11(13)8-10/h3-5,8,12,14-15H,2,6-7,9H2,1H3. The Morgan fingerprint density at radius 3 is 2.93 bits per heavy atom. The topological polar surface area (TPSA) is 32.3 Å². The molecule has 0 aliphatic carbocycles. The number of aliphatic hydroxyl groups excluding tert-OH is 1. The summed E-state index contributed by atoms with van der Waals surface area (Å²) in [6.45, 7) is 3.36. The van der Waals surface area contributed by atoms with Crippen LogP contribution in [0.25, 0.3) is 0 Å². The van der Waals surface area contributed by atoms with Gasteiger partial charge in [-0.25, -0.2) is 4.39 Å². The van der Waals surface area contributed by atoms with Crippen LogP contribution in [0, 0.1) is 5.82 Å². The van der Waals surface area contributed by atoms with Crippen LogP contribution in [0.4, 0.5) is 4.39 Å². The monoisotopic (exact) mass is 211 g/mol. The Morgan fingerprint density at radius 1 is 1.47 bits per heavy atom. The fraction of sp³-hybridized carbons (Fsp3) is 0.500. The molecule has 0 fully saturated rings. The molecule has 0 bridgehead atoms. The van der Waals surface area contributed by atoms with E-state index in [4.69, 9.17) is 0 Å². The maximum absolute atomic E-state index is 12.8. The van der Waals surface area contributed by atoms with Crippen molar-refractivity contribution in [3.63, 3.8) is 0 Å². The Balaban J connectivity index is 2.20. The van der Waals surface area contributed by atoms with E-state index in [1.165, 1.54) is 12.1 Å². The third kappa shape index (κ3) is 4.91. The van der Waals surface area contributed by atoms with Gasteiger partial charge in [0.25, 0.3) is 0 Å². The largest absolute Gasteiger partial charge is 0.393 e. The molecule has 1 atom stereocenters. The quantitative estimate of drug-likeness (QED) is 0.706. The van der Waals surface area contributed by atoms with Gasteiger partial charge in [0.05, 0.1) is 6.10 Å². The normalized spacial score (nSPS) is 12.7. The molecule has 1 unspecified atom stereocenters. The molecule has 0 aliphatic heterocycles. The molecule has 0 saturated carbocycles. The minimum Gasteiger partial charge on any atom is -0.393 e. The van der Waals surface area contributed by atoms with Crippen molar-refractivity contribution in [2.24, 2.45) is 0 Å². The first kappa shape index (κ1) is 12.1. The van der Waals surface area contributed by atoms with E-state index >= 15 is 0 Å². The van der Waals surface area contributed by atoms with Crippen molar-refractivity contribution in [1.82, 2.24) is 5.32 Å². The molecule has 1 aromatic carbocycles. The molecule has 2 nitrogen and oxygen atoms in total. The van der Waals surface area contributed by atoms with Gasteiger partial charge in [-0.3, -0.25) is 0 Å². The summed E-state index contributed by atoms with van der Waals surface area (Å²) in [7, 11) is 0. The average molecular weight is 211 g/mol. The highest BCUT2D eigenvalue weighted by molar-refractivity contribution is 5.15. The molecule has 0 aromatic heterocycles. The smallest absolute Gasteiger partial charge is 0.123 e. The van der Waals surface area contributed by atoms with Gasteiger partial charge < -0.3 is 10.4 Å². The summed E-state index contributed by atoms with van der Waals surface area (Å²) in [5, 5.41) is 12.5. The van der Waals surface area contributed by atoms with Gasteiger partial charge >= 0.3 is 0 Å². The predicted molar refractivity (Wildman–Crippen MR) is 59.0 cm³/mol. The number of halogens is 1. The van der Waals surface area contributed by atoms with Gasteiger partial charge in [-0.2, -0.15) is 0 Å². The first-order valence-electron chi connectivity index (χ1n) is 5.35. The van der Waals surface area contributed by atoms with Crippen molar-refractivity contribution >= 4 is 0 Å². The lowest BCUT2D eigenvalue weighted by atomic mass is 10.2. The fourth-order valence-electron chi connectivity index (χ4n) is 1.35. The van der Waals surface area contributed by atoms with Crippen LogP contribution in [-0.4, -0.2) is 17.8 Å². The summed E-state index contributed by atoms with van der Waals surface area (Å²) in [4.78, 5) is 0. The molecule has 0 radical (unpaired) electrons. The van der Waals surface area contributed by atoms with E-state index in [2.05, 4.69) is 5.32 Å². The van der Waals surface area contributed by atoms with Crippen LogP contribution in [0.2, 0.25) is 0 Å². The first-order valence-corrected chi connectivity index (χ1v) is 5.35. The van der Waals surface area contributed by atoms with E-state index in [1.807, 2.05) is 13.0 Å². The predicted octanol–water partition coefficient (Wildman–Crippen LogP) is 2.08. The number of rotatable bonds is 6. The molecule has 0 saturated heterocycles. The van der Waals surface area contributed by atoms with Crippen molar-refractivity contribution in [2.75, 3.05) is 6.54 Å². The molecule has 0 spiro atoms. The number of nitrogens with one attached hydrogen (secondary N) is 1. The Labute approximate surface area is 90.1 Å². The van der Waals surface area contributed by atoms with E-state index in [-0.39, 0.29) is 11.9 Å². The Kier molecular flexibility index (Phi) is 5.29. The van der Waals surface area contributed by atoms with Crippen molar-refractivity contribution in [2.45, 2.75) is 32.4 Å². The van der Waals surface area contributed by atoms with Gasteiger partial charge in [0.15, 0.2) is 0 Å². The number of hydrogen-bond acceptors (Lipinski definition) is 2. The molecule has 0 amide bonds. The van der Waals surface area contributed by atoms with Crippen molar-refractivity contribution in [3.05, 3.63) is 35.6 Å². The summed E-state index contributed by atoms with van der Waals surface area (Å²) in [5.74, 6) is -0.206. The number of aliphatic hydroxyl groups is 1. The molecule has 15 heavy (non-hydrogen) atoms. The zero-order valence-electron chi connectivity index (χ0n) is 9.04. The summed E-state index contributed by atoms with van der Waals surface area (Å²) in [6, 6.07) is 6.53. The fourth-order valence-corrected chi connectivity index (χ4v) is 1.35. The SMILES string of the molecule is CCC(O)CCNCc1cccc(F)c1. The molecule has 3 heteroatoms. The number of benzene rings is 1. The van der Waals surface area contributed by atoms with Gasteiger partial charge in [-0.1, -0.05) is 19.1 Å². The molecule has 0 heterocycles. The molecule has 2 N–H and O–H groups in total. The van der Waals surface area contributed by atoms with E-state index in [1.54, 1.807) is 6.07 Å². The highest BCUT2D eigenvalue weighted by atomic mass is 19.1. The highest BCUT2D eigenvalue weighted by Gasteiger charge is 1.99. The van der Waals surface area contributed by atoms with Crippen LogP contribution in [-0.2, 0) is 6.54 Å². The van der Waals surface area contributed by atoms with E-state index in [0.717, 1.165) is 24.9 Å². The van der Waals surface area contributed by atoms with Crippen LogP contribution < -0.4 is 5.32 Å². The minimum atomic E-state index is -0.231. The van der Waals surface area contributed by atoms with Gasteiger partial charge in [0, 0.05) is 6.54 Å². The van der Waals surface area contributed by atoms with Gasteiger partial charge in [0.1, 0.15) is 5.82 Å². The third-order valence-corrected chi connectivity index (χ3v) is 2.34. The van der Waals surface area contributed by atoms with Crippen LogP contribution in [0.5, 0.6) is 0 Å². The van der Waals surface area contributed by atoms with Crippen LogP contribution in [0.15, 0.2) is 24.3 Å². The van der Waals surface area contributed by atoms with Gasteiger partial charge in [0.2, 0.25) is 0 Å². The maximum Gasteiger partial charge on any atom is 0.123 e. The Hall–Kier alpha value is -0.930. The lowest BCUT2D eigenvalue weighted by Crippen LogP contribution is -2.19. The molecular formula is C12H18FNO. The maximum atomic E-state index is 12.8. The van der Waals surface area contributed by atoms with Crippen LogP contribution in [0.1, 0.15) is 25.3 Å². The summed E-state index contributed by atoms with van der Waals surface area (Å²) in [6.07, 6.45) is 1.29. The van der Waals surface area contributed by atoms with Crippen molar-refractivity contribution < 1.29 is 9.50 Å². The Bertz CT molecular complexity index is 291. The molecule has 0 aliphatic rings. The lowest BCUT2D eigenvalue weighted by Gasteiger charge is -2.08. The summed E-state index contributed by atoms with van der Waals surface area (Å²) < 4.78 is 12.8. The van der Waals surface area contributed by atoms with E-state index in [9.17, 15) is 9.50 Å². The number of hydrogen-bond donors (Lipinski definition) is 2. The van der Waals surface area contributed by atoms with E-state index in [0.29, 0.717) is 6.54 Å². The van der Waals surface area contributed by atoms with Crippen LogP contribution in [0.3, 0.4) is 0 Å². The first-order chi connectivity index (χ1) is 7.22. The van der Waals surface area contributed by atoms with Crippen molar-refractivity contribution in [3.8, 4) is 0 Å². The minimum absolute atomic E-state index is 0.206. The zero-order chi connectivity index (χ0) is 11.1. The summed E-state index contributed by atoms with van der Waals surface area (Å²) >= 11 is 0. The second-order valence-corrected chi connectivity index (χ2v) is 3.66. The lowest BCUT2D eigenvalue weighted by molar-refractivity contribution is 0.159. The Morgan fingerprint density at radius 2 is 2.27 bits per heavy atom. The third-order valence-electron chi connectivity index (χ3n) is 2.34.